The van der Waals surface area contributed by atoms with Crippen molar-refractivity contribution in [3.63, 3.8) is 0 Å². The lowest BCUT2D eigenvalue weighted by molar-refractivity contribution is -0.136. The molecule has 0 N–H and O–H groups in total. The highest BCUT2D eigenvalue weighted by Crippen LogP contribution is 2.47. The van der Waals surface area contributed by atoms with Gasteiger partial charge in [0.1, 0.15) is 17.1 Å². The van der Waals surface area contributed by atoms with Crippen molar-refractivity contribution in [3.8, 4) is 5.75 Å². The summed E-state index contributed by atoms with van der Waals surface area (Å²) in [4.78, 5) is 12.7. The molecule has 3 nitrogen and oxygen atoms in total. The lowest BCUT2D eigenvalue weighted by Crippen LogP contribution is -2.31. The lowest BCUT2D eigenvalue weighted by Gasteiger charge is -2.19. The van der Waals surface area contributed by atoms with E-state index in [0.717, 1.165) is 27.7 Å². The van der Waals surface area contributed by atoms with Gasteiger partial charge in [-0.15, -0.1) is 0 Å². The van der Waals surface area contributed by atoms with Crippen LogP contribution < -0.4 is 4.74 Å². The maximum atomic E-state index is 12.7. The van der Waals surface area contributed by atoms with Crippen LogP contribution in [0.5, 0.6) is 5.75 Å². The summed E-state index contributed by atoms with van der Waals surface area (Å²) in [6.45, 7) is 7.96. The lowest BCUT2D eigenvalue weighted by atomic mass is 9.79. The Kier molecular flexibility index (Phi) is 2.74. The number of rotatable bonds is 1. The molecule has 4 rings (SSSR count). The molecule has 3 aromatic rings. The molecule has 1 aliphatic rings. The predicted octanol–water partition coefficient (Wildman–Crippen LogP) is 4.58. The monoisotopic (exact) mass is 306 g/mol. The van der Waals surface area contributed by atoms with E-state index in [2.05, 4.69) is 13.0 Å². The van der Waals surface area contributed by atoms with Crippen molar-refractivity contribution in [2.45, 2.75) is 33.1 Å². The number of carbonyl (C=O) groups excluding carboxylic acids is 1. The topological polar surface area (TPSA) is 39.4 Å². The maximum absolute atomic E-state index is 12.7. The number of furan rings is 1. The molecule has 0 spiro atoms. The van der Waals surface area contributed by atoms with Crippen LogP contribution in [0.3, 0.4) is 0 Å². The molecule has 0 saturated heterocycles. The second-order valence-corrected chi connectivity index (χ2v) is 6.57. The second kappa shape index (κ2) is 4.48. The van der Waals surface area contributed by atoms with Crippen LogP contribution in [-0.4, -0.2) is 5.97 Å². The van der Waals surface area contributed by atoms with Crippen molar-refractivity contribution >= 4 is 16.9 Å². The first-order chi connectivity index (χ1) is 10.9. The zero-order valence-corrected chi connectivity index (χ0v) is 13.7. The normalized spacial score (nSPS) is 19.9. The molecule has 0 bridgehead atoms. The number of aryl methyl sites for hydroxylation is 3. The van der Waals surface area contributed by atoms with Crippen molar-refractivity contribution in [1.29, 1.82) is 0 Å². The summed E-state index contributed by atoms with van der Waals surface area (Å²) < 4.78 is 11.6. The standard InChI is InChI=1S/C20H18O3/c1-11-5-7-16-14(9-11)13(3)18(22-16)20(4)15-10-12(2)6-8-17(15)23-19(20)21/h5-10H,1-4H3. The van der Waals surface area contributed by atoms with Gasteiger partial charge in [-0.1, -0.05) is 29.3 Å². The van der Waals surface area contributed by atoms with E-state index in [0.29, 0.717) is 11.5 Å². The number of carbonyl (C=O) groups is 1. The molecule has 0 fully saturated rings. The molecule has 0 aliphatic carbocycles. The first kappa shape index (κ1) is 14.1. The van der Waals surface area contributed by atoms with Crippen molar-refractivity contribution in [3.05, 3.63) is 64.4 Å². The number of esters is 1. The van der Waals surface area contributed by atoms with Crippen LogP contribution in [0.1, 0.15) is 34.9 Å². The van der Waals surface area contributed by atoms with Crippen LogP contribution in [0, 0.1) is 20.8 Å². The Labute approximate surface area is 134 Å². The third-order valence-corrected chi connectivity index (χ3v) is 4.83. The van der Waals surface area contributed by atoms with Crippen molar-refractivity contribution < 1.29 is 13.9 Å². The summed E-state index contributed by atoms with van der Waals surface area (Å²) in [6, 6.07) is 11.9. The van der Waals surface area contributed by atoms with Gasteiger partial charge in [-0.3, -0.25) is 4.79 Å². The van der Waals surface area contributed by atoms with Gasteiger partial charge in [0.2, 0.25) is 0 Å². The van der Waals surface area contributed by atoms with Gasteiger partial charge in [0.25, 0.3) is 0 Å². The van der Waals surface area contributed by atoms with Gasteiger partial charge in [0, 0.05) is 10.9 Å². The quantitative estimate of drug-likeness (QED) is 0.488. The Bertz CT molecular complexity index is 964. The molecule has 23 heavy (non-hydrogen) atoms. The van der Waals surface area contributed by atoms with Crippen LogP contribution in [-0.2, 0) is 10.2 Å². The Morgan fingerprint density at radius 2 is 1.65 bits per heavy atom. The van der Waals surface area contributed by atoms with Crippen LogP contribution in [0.15, 0.2) is 40.8 Å². The summed E-state index contributed by atoms with van der Waals surface area (Å²) in [5.41, 5.74) is 4.04. The number of hydrogen-bond donors (Lipinski definition) is 0. The molecular weight excluding hydrogens is 288 g/mol. The van der Waals surface area contributed by atoms with E-state index >= 15 is 0 Å². The van der Waals surface area contributed by atoms with Crippen LogP contribution in [0.4, 0.5) is 0 Å². The van der Waals surface area contributed by atoms with Crippen LogP contribution in [0.2, 0.25) is 0 Å². The predicted molar refractivity (Wildman–Crippen MR) is 89.0 cm³/mol. The summed E-state index contributed by atoms with van der Waals surface area (Å²) in [5.74, 6) is 1.02. The van der Waals surface area contributed by atoms with E-state index in [4.69, 9.17) is 9.15 Å². The van der Waals surface area contributed by atoms with Gasteiger partial charge in [0.15, 0.2) is 5.41 Å². The molecule has 3 heteroatoms. The van der Waals surface area contributed by atoms with Gasteiger partial charge in [0.05, 0.1) is 0 Å². The Hall–Kier alpha value is -2.55. The highest BCUT2D eigenvalue weighted by molar-refractivity contribution is 5.96. The summed E-state index contributed by atoms with van der Waals surface area (Å²) in [7, 11) is 0. The van der Waals surface area contributed by atoms with E-state index < -0.39 is 5.41 Å². The Morgan fingerprint density at radius 1 is 0.957 bits per heavy atom. The minimum Gasteiger partial charge on any atom is -0.459 e. The molecule has 2 aromatic carbocycles. The van der Waals surface area contributed by atoms with E-state index in [1.807, 2.05) is 51.1 Å². The highest BCUT2D eigenvalue weighted by Gasteiger charge is 2.50. The average molecular weight is 306 g/mol. The summed E-state index contributed by atoms with van der Waals surface area (Å²) in [5, 5.41) is 1.05. The van der Waals surface area contributed by atoms with E-state index in [-0.39, 0.29) is 5.97 Å². The van der Waals surface area contributed by atoms with Crippen molar-refractivity contribution in [2.75, 3.05) is 0 Å². The largest absolute Gasteiger partial charge is 0.459 e. The third-order valence-electron chi connectivity index (χ3n) is 4.83. The zero-order chi connectivity index (χ0) is 16.4. The minimum atomic E-state index is -0.904. The molecule has 1 aromatic heterocycles. The van der Waals surface area contributed by atoms with Gasteiger partial charge in [-0.05, 0) is 51.5 Å². The maximum Gasteiger partial charge on any atom is 0.329 e. The molecular formula is C20H18O3. The first-order valence-electron chi connectivity index (χ1n) is 7.75. The third kappa shape index (κ3) is 1.79. The van der Waals surface area contributed by atoms with Crippen molar-refractivity contribution in [2.24, 2.45) is 0 Å². The zero-order valence-electron chi connectivity index (χ0n) is 13.7. The Morgan fingerprint density at radius 3 is 2.43 bits per heavy atom. The fourth-order valence-corrected chi connectivity index (χ4v) is 3.46. The van der Waals surface area contributed by atoms with Gasteiger partial charge in [-0.2, -0.15) is 0 Å². The van der Waals surface area contributed by atoms with Crippen LogP contribution in [0.25, 0.3) is 11.0 Å². The fraction of sp³-hybridized carbons (Fsp3) is 0.250. The average Bonchev–Trinajstić information content (AvgIpc) is 2.97. The molecule has 1 aliphatic heterocycles. The molecule has 2 heterocycles. The smallest absolute Gasteiger partial charge is 0.329 e. The van der Waals surface area contributed by atoms with E-state index in [1.54, 1.807) is 0 Å². The van der Waals surface area contributed by atoms with Crippen molar-refractivity contribution in [1.82, 2.24) is 0 Å². The number of ether oxygens (including phenoxy) is 1. The molecule has 0 saturated carbocycles. The van der Waals surface area contributed by atoms with E-state index in [9.17, 15) is 4.79 Å². The molecule has 1 unspecified atom stereocenters. The molecule has 0 radical (unpaired) electrons. The Balaban J connectivity index is 2.02. The molecule has 1 atom stereocenters. The summed E-state index contributed by atoms with van der Waals surface area (Å²) >= 11 is 0. The van der Waals surface area contributed by atoms with E-state index in [1.165, 1.54) is 5.56 Å². The number of benzene rings is 2. The van der Waals surface area contributed by atoms with Crippen LogP contribution >= 0.6 is 0 Å². The molecule has 116 valence electrons. The van der Waals surface area contributed by atoms with Gasteiger partial charge < -0.3 is 9.15 Å². The molecule has 0 amide bonds. The second-order valence-electron chi connectivity index (χ2n) is 6.57. The SMILES string of the molecule is Cc1ccc2c(c1)C(C)(c1oc3ccc(C)cc3c1C)C(=O)O2. The number of hydrogen-bond acceptors (Lipinski definition) is 3. The fourth-order valence-electron chi connectivity index (χ4n) is 3.46. The first-order valence-corrected chi connectivity index (χ1v) is 7.75. The highest BCUT2D eigenvalue weighted by atomic mass is 16.5. The van der Waals surface area contributed by atoms with Gasteiger partial charge >= 0.3 is 5.97 Å². The minimum absolute atomic E-state index is 0.281. The number of fused-ring (bicyclic) bond motifs is 2. The summed E-state index contributed by atoms with van der Waals surface area (Å²) in [6.07, 6.45) is 0. The van der Waals surface area contributed by atoms with Gasteiger partial charge in [-0.25, -0.2) is 0 Å².